The van der Waals surface area contributed by atoms with Crippen LogP contribution in [0.25, 0.3) is 0 Å². The molecule has 6 nitrogen and oxygen atoms in total. The molecule has 1 aromatic heterocycles. The molecular weight excluding hydrogens is 408 g/mol. The molecule has 1 aliphatic heterocycles. The summed E-state index contributed by atoms with van der Waals surface area (Å²) in [5.74, 6) is -3.18. The van der Waals surface area contributed by atoms with Crippen LogP contribution in [0.4, 0.5) is 17.6 Å². The molecule has 2 aromatic rings. The Balaban J connectivity index is 0.000000396. The van der Waals surface area contributed by atoms with E-state index in [1.54, 1.807) is 29.4 Å². The lowest BCUT2D eigenvalue weighted by molar-refractivity contribution is -0.192. The molecule has 2 heterocycles. The molecule has 0 bridgehead atoms. The van der Waals surface area contributed by atoms with Gasteiger partial charge in [0, 0.05) is 18.9 Å². The van der Waals surface area contributed by atoms with E-state index in [9.17, 15) is 27.5 Å². The van der Waals surface area contributed by atoms with Crippen LogP contribution >= 0.6 is 0 Å². The van der Waals surface area contributed by atoms with Gasteiger partial charge in [-0.3, -0.25) is 9.78 Å². The predicted octanol–water partition coefficient (Wildman–Crippen LogP) is 2.60. The zero-order chi connectivity index (χ0) is 22.3. The molecule has 0 radical (unpaired) electrons. The summed E-state index contributed by atoms with van der Waals surface area (Å²) in [4.78, 5) is 27.2. The fourth-order valence-corrected chi connectivity index (χ4v) is 3.08. The molecule has 1 amide bonds. The number of hydrogen-bond acceptors (Lipinski definition) is 4. The number of carbonyl (C=O) groups excluding carboxylic acids is 1. The van der Waals surface area contributed by atoms with E-state index < -0.39 is 18.2 Å². The fraction of sp³-hybridized carbons (Fsp3) is 0.350. The van der Waals surface area contributed by atoms with Crippen LogP contribution in [0, 0.1) is 5.82 Å². The van der Waals surface area contributed by atoms with Gasteiger partial charge in [-0.1, -0.05) is 18.2 Å². The van der Waals surface area contributed by atoms with Gasteiger partial charge in [0.25, 0.3) is 0 Å². The zero-order valence-electron chi connectivity index (χ0n) is 15.7. The summed E-state index contributed by atoms with van der Waals surface area (Å²) in [5.41, 5.74) is 1.64. The minimum absolute atomic E-state index is 0.0824. The number of amides is 1. The molecule has 2 N–H and O–H groups in total. The Morgan fingerprint density at radius 3 is 2.40 bits per heavy atom. The quantitative estimate of drug-likeness (QED) is 0.731. The van der Waals surface area contributed by atoms with E-state index >= 15 is 0 Å². The summed E-state index contributed by atoms with van der Waals surface area (Å²) in [7, 11) is 0. The molecular formula is C20H20F4N2O4. The lowest BCUT2D eigenvalue weighted by Gasteiger charge is -2.26. The molecule has 0 aliphatic carbocycles. The van der Waals surface area contributed by atoms with E-state index in [0.29, 0.717) is 24.9 Å². The number of pyridine rings is 1. The summed E-state index contributed by atoms with van der Waals surface area (Å²) in [6.07, 6.45) is -0.883. The molecule has 0 spiro atoms. The number of alkyl halides is 3. The lowest BCUT2D eigenvalue weighted by Crippen LogP contribution is -2.41. The molecule has 3 rings (SSSR count). The molecule has 1 aliphatic rings. The average molecular weight is 428 g/mol. The smallest absolute Gasteiger partial charge is 0.475 e. The molecule has 1 fully saturated rings. The Bertz CT molecular complexity index is 861. The van der Waals surface area contributed by atoms with Crippen LogP contribution in [0.15, 0.2) is 48.8 Å². The van der Waals surface area contributed by atoms with Crippen LogP contribution in [0.2, 0.25) is 0 Å². The van der Waals surface area contributed by atoms with Crippen LogP contribution in [0.5, 0.6) is 0 Å². The Morgan fingerprint density at radius 1 is 1.17 bits per heavy atom. The Hall–Kier alpha value is -3.01. The van der Waals surface area contributed by atoms with Gasteiger partial charge in [-0.25, -0.2) is 9.18 Å². The number of likely N-dealkylation sites (tertiary alicyclic amines) is 1. The van der Waals surface area contributed by atoms with E-state index in [1.807, 2.05) is 12.1 Å². The van der Waals surface area contributed by atoms with Gasteiger partial charge in [0.1, 0.15) is 5.82 Å². The molecule has 0 unspecified atom stereocenters. The van der Waals surface area contributed by atoms with Crippen LogP contribution < -0.4 is 0 Å². The Labute approximate surface area is 169 Å². The van der Waals surface area contributed by atoms with Crippen LogP contribution in [0.3, 0.4) is 0 Å². The number of halogens is 4. The first-order valence-corrected chi connectivity index (χ1v) is 8.99. The highest BCUT2D eigenvalue weighted by molar-refractivity contribution is 5.79. The number of carbonyl (C=O) groups is 2. The number of carboxylic acid groups (broad SMARTS) is 1. The van der Waals surface area contributed by atoms with Crippen LogP contribution in [-0.4, -0.2) is 56.8 Å². The highest BCUT2D eigenvalue weighted by atomic mass is 19.4. The van der Waals surface area contributed by atoms with E-state index in [1.165, 1.54) is 12.1 Å². The first-order valence-electron chi connectivity index (χ1n) is 8.99. The number of benzene rings is 1. The van der Waals surface area contributed by atoms with Gasteiger partial charge in [-0.2, -0.15) is 13.2 Å². The van der Waals surface area contributed by atoms with Gasteiger partial charge >= 0.3 is 12.1 Å². The van der Waals surface area contributed by atoms with Crippen molar-refractivity contribution in [2.45, 2.75) is 37.6 Å². The van der Waals surface area contributed by atoms with Crippen LogP contribution in [0.1, 0.15) is 17.5 Å². The highest BCUT2D eigenvalue weighted by Crippen LogP contribution is 2.23. The zero-order valence-corrected chi connectivity index (χ0v) is 15.7. The van der Waals surface area contributed by atoms with E-state index in [-0.39, 0.29) is 24.2 Å². The normalized spacial score (nSPS) is 18.5. The summed E-state index contributed by atoms with van der Waals surface area (Å²) in [6, 6.07) is 9.61. The van der Waals surface area contributed by atoms with Gasteiger partial charge in [-0.15, -0.1) is 0 Å². The standard InChI is InChI=1S/C18H19FN2O2.C2HF3O2/c19-15-5-1-3-13(9-15)11-18(23)21-8-6-17(22)16(21)10-14-4-2-7-20-12-14;3-2(4,5)1(6)7/h1-5,7,9,12,16-17,22H,6,8,10-11H2;(H,6,7)/t16-,17+;/m0./s1. The van der Waals surface area contributed by atoms with E-state index in [4.69, 9.17) is 9.90 Å². The van der Waals surface area contributed by atoms with Crippen molar-refractivity contribution >= 4 is 11.9 Å². The lowest BCUT2D eigenvalue weighted by atomic mass is 10.0. The third-order valence-corrected chi connectivity index (χ3v) is 4.49. The van der Waals surface area contributed by atoms with Crippen LogP contribution in [-0.2, 0) is 22.4 Å². The van der Waals surface area contributed by atoms with Crippen molar-refractivity contribution in [1.82, 2.24) is 9.88 Å². The summed E-state index contributed by atoms with van der Waals surface area (Å²) < 4.78 is 45.0. The second kappa shape index (κ2) is 10.1. The fourth-order valence-electron chi connectivity index (χ4n) is 3.08. The largest absolute Gasteiger partial charge is 0.490 e. The van der Waals surface area contributed by atoms with Crippen molar-refractivity contribution in [1.29, 1.82) is 0 Å². The number of nitrogens with zero attached hydrogens (tertiary/aromatic N) is 2. The van der Waals surface area contributed by atoms with E-state index in [2.05, 4.69) is 4.98 Å². The molecule has 10 heteroatoms. The second-order valence-electron chi connectivity index (χ2n) is 6.69. The SMILES string of the molecule is O=C(Cc1cccc(F)c1)N1CC[C@@H](O)[C@@H]1Cc1cccnc1.O=C(O)C(F)(F)F. The van der Waals surface area contributed by atoms with Crippen molar-refractivity contribution in [3.8, 4) is 0 Å². The molecule has 2 atom stereocenters. The maximum Gasteiger partial charge on any atom is 0.490 e. The molecule has 1 aromatic carbocycles. The van der Waals surface area contributed by atoms with Gasteiger partial charge in [0.15, 0.2) is 0 Å². The number of hydrogen-bond donors (Lipinski definition) is 2. The Morgan fingerprint density at radius 2 is 1.83 bits per heavy atom. The second-order valence-corrected chi connectivity index (χ2v) is 6.69. The molecule has 162 valence electrons. The summed E-state index contributed by atoms with van der Waals surface area (Å²) >= 11 is 0. The van der Waals surface area contributed by atoms with Gasteiger partial charge in [0.2, 0.25) is 5.91 Å². The maximum absolute atomic E-state index is 13.2. The average Bonchev–Trinajstić information content (AvgIpc) is 3.03. The first kappa shape index (κ1) is 23.3. The van der Waals surface area contributed by atoms with Gasteiger partial charge in [0.05, 0.1) is 18.6 Å². The number of aliphatic hydroxyl groups excluding tert-OH is 1. The van der Waals surface area contributed by atoms with E-state index in [0.717, 1.165) is 5.56 Å². The highest BCUT2D eigenvalue weighted by Gasteiger charge is 2.38. The van der Waals surface area contributed by atoms with Gasteiger partial charge in [-0.05, 0) is 42.2 Å². The van der Waals surface area contributed by atoms with Crippen molar-refractivity contribution in [3.63, 3.8) is 0 Å². The predicted molar refractivity (Wildman–Crippen MR) is 97.9 cm³/mol. The first-order chi connectivity index (χ1) is 14.1. The third kappa shape index (κ3) is 6.80. The monoisotopic (exact) mass is 428 g/mol. The molecule has 1 saturated heterocycles. The maximum atomic E-state index is 13.2. The van der Waals surface area contributed by atoms with Crippen molar-refractivity contribution in [2.24, 2.45) is 0 Å². The minimum atomic E-state index is -5.08. The third-order valence-electron chi connectivity index (χ3n) is 4.49. The summed E-state index contributed by atoms with van der Waals surface area (Å²) in [6.45, 7) is 0.528. The number of aliphatic carboxylic acids is 1. The number of rotatable bonds is 4. The van der Waals surface area contributed by atoms with Crippen molar-refractivity contribution < 1.29 is 37.4 Å². The number of aliphatic hydroxyl groups is 1. The van der Waals surface area contributed by atoms with Crippen molar-refractivity contribution in [2.75, 3.05) is 6.54 Å². The number of aromatic nitrogens is 1. The van der Waals surface area contributed by atoms with Crippen molar-refractivity contribution in [3.05, 3.63) is 65.7 Å². The molecule has 30 heavy (non-hydrogen) atoms. The van der Waals surface area contributed by atoms with Gasteiger partial charge < -0.3 is 15.1 Å². The molecule has 0 saturated carbocycles. The Kier molecular flexibility index (Phi) is 7.87. The topological polar surface area (TPSA) is 90.7 Å². The number of carboxylic acids is 1. The minimum Gasteiger partial charge on any atom is -0.475 e. The summed E-state index contributed by atoms with van der Waals surface area (Å²) in [5, 5.41) is 17.3.